The van der Waals surface area contributed by atoms with Gasteiger partial charge in [0, 0.05) is 37.6 Å². The smallest absolute Gasteiger partial charge is 0.301 e. The van der Waals surface area contributed by atoms with Crippen molar-refractivity contribution in [3.05, 3.63) is 42.0 Å². The average Bonchev–Trinajstić information content (AvgIpc) is 2.65. The maximum Gasteiger partial charge on any atom is 0.301 e. The molecule has 2 N–H and O–H groups in total. The summed E-state index contributed by atoms with van der Waals surface area (Å²) in [5.74, 6) is 0.0400. The normalized spacial score (nSPS) is 10.4. The Bertz CT molecular complexity index is 496. The zero-order chi connectivity index (χ0) is 11.5. The zero-order valence-corrected chi connectivity index (χ0v) is 8.85. The molecule has 0 aliphatic carbocycles. The summed E-state index contributed by atoms with van der Waals surface area (Å²) in [6.07, 6.45) is 3.36. The summed E-state index contributed by atoms with van der Waals surface area (Å²) in [6.45, 7) is 0.175. The molecule has 84 valence electrons. The van der Waals surface area contributed by atoms with E-state index >= 15 is 0 Å². The summed E-state index contributed by atoms with van der Waals surface area (Å²) < 4.78 is 20.5. The first-order valence-electron chi connectivity index (χ1n) is 4.84. The van der Waals surface area contributed by atoms with Crippen LogP contribution in [0.5, 0.6) is 11.8 Å². The minimum Gasteiger partial charge on any atom is -0.425 e. The second-order valence-corrected chi connectivity index (χ2v) is 3.38. The SMILES string of the molecule is Cn1ccnc1Oc1ccc(CN)c(F)c1. The number of rotatable bonds is 3. The highest BCUT2D eigenvalue weighted by molar-refractivity contribution is 5.30. The van der Waals surface area contributed by atoms with E-state index in [0.717, 1.165) is 0 Å². The molecule has 0 spiro atoms. The quantitative estimate of drug-likeness (QED) is 0.860. The Kier molecular flexibility index (Phi) is 2.87. The van der Waals surface area contributed by atoms with Gasteiger partial charge in [-0.2, -0.15) is 0 Å². The number of hydrogen-bond acceptors (Lipinski definition) is 3. The molecule has 0 aliphatic rings. The molecule has 0 saturated carbocycles. The van der Waals surface area contributed by atoms with Crippen LogP contribution in [0.25, 0.3) is 0 Å². The standard InChI is InChI=1S/C11H12FN3O/c1-15-5-4-14-11(15)16-9-3-2-8(7-13)10(12)6-9/h2-6H,7,13H2,1H3. The van der Waals surface area contributed by atoms with Crippen molar-refractivity contribution in [2.45, 2.75) is 6.54 Å². The highest BCUT2D eigenvalue weighted by atomic mass is 19.1. The predicted molar refractivity (Wildman–Crippen MR) is 57.6 cm³/mol. The van der Waals surface area contributed by atoms with Crippen molar-refractivity contribution in [1.29, 1.82) is 0 Å². The molecular weight excluding hydrogens is 209 g/mol. The molecule has 0 atom stereocenters. The number of halogens is 1. The van der Waals surface area contributed by atoms with Crippen LogP contribution < -0.4 is 10.5 Å². The molecule has 5 heteroatoms. The van der Waals surface area contributed by atoms with E-state index in [2.05, 4.69) is 4.98 Å². The van der Waals surface area contributed by atoms with Gasteiger partial charge in [0.15, 0.2) is 0 Å². The Morgan fingerprint density at radius 3 is 2.88 bits per heavy atom. The Morgan fingerprint density at radius 2 is 2.31 bits per heavy atom. The monoisotopic (exact) mass is 221 g/mol. The van der Waals surface area contributed by atoms with Crippen LogP contribution in [0.1, 0.15) is 5.56 Å². The Labute approximate surface area is 92.5 Å². The fourth-order valence-electron chi connectivity index (χ4n) is 1.31. The maximum absolute atomic E-state index is 13.4. The lowest BCUT2D eigenvalue weighted by Crippen LogP contribution is -2.00. The van der Waals surface area contributed by atoms with Crippen LogP contribution in [0.2, 0.25) is 0 Å². The van der Waals surface area contributed by atoms with Crippen LogP contribution in [-0.2, 0) is 13.6 Å². The van der Waals surface area contributed by atoms with Gasteiger partial charge >= 0.3 is 6.01 Å². The highest BCUT2D eigenvalue weighted by Gasteiger charge is 2.06. The van der Waals surface area contributed by atoms with Gasteiger partial charge in [-0.3, -0.25) is 0 Å². The van der Waals surface area contributed by atoms with Crippen molar-refractivity contribution in [1.82, 2.24) is 9.55 Å². The van der Waals surface area contributed by atoms with Crippen LogP contribution in [0, 0.1) is 5.82 Å². The first kappa shape index (κ1) is 10.6. The number of nitrogens with zero attached hydrogens (tertiary/aromatic N) is 2. The summed E-state index contributed by atoms with van der Waals surface area (Å²) in [5.41, 5.74) is 5.83. The second-order valence-electron chi connectivity index (χ2n) is 3.38. The third kappa shape index (κ3) is 2.04. The van der Waals surface area contributed by atoms with Crippen LogP contribution in [0.4, 0.5) is 4.39 Å². The van der Waals surface area contributed by atoms with Crippen LogP contribution in [-0.4, -0.2) is 9.55 Å². The van der Waals surface area contributed by atoms with Gasteiger partial charge < -0.3 is 15.0 Å². The highest BCUT2D eigenvalue weighted by Crippen LogP contribution is 2.21. The molecule has 2 rings (SSSR count). The van der Waals surface area contributed by atoms with E-state index in [-0.39, 0.29) is 12.4 Å². The first-order valence-corrected chi connectivity index (χ1v) is 4.84. The van der Waals surface area contributed by atoms with E-state index in [1.165, 1.54) is 6.07 Å². The van der Waals surface area contributed by atoms with E-state index in [0.29, 0.717) is 17.3 Å². The summed E-state index contributed by atoms with van der Waals surface area (Å²) in [4.78, 5) is 3.98. The molecule has 0 bridgehead atoms. The lowest BCUT2D eigenvalue weighted by molar-refractivity contribution is 0.421. The van der Waals surface area contributed by atoms with E-state index < -0.39 is 0 Å². The van der Waals surface area contributed by atoms with Crippen molar-refractivity contribution in [2.75, 3.05) is 0 Å². The lowest BCUT2D eigenvalue weighted by Gasteiger charge is -2.06. The molecule has 16 heavy (non-hydrogen) atoms. The Balaban J connectivity index is 2.23. The molecule has 0 fully saturated rings. The van der Waals surface area contributed by atoms with Crippen molar-refractivity contribution in [3.8, 4) is 11.8 Å². The van der Waals surface area contributed by atoms with Gasteiger partial charge in [0.1, 0.15) is 11.6 Å². The molecule has 0 amide bonds. The number of hydrogen-bond donors (Lipinski definition) is 1. The summed E-state index contributed by atoms with van der Waals surface area (Å²) in [6, 6.07) is 4.99. The molecule has 1 aromatic heterocycles. The van der Waals surface area contributed by atoms with Crippen molar-refractivity contribution in [2.24, 2.45) is 12.8 Å². The third-order valence-corrected chi connectivity index (χ3v) is 2.23. The van der Waals surface area contributed by atoms with E-state index in [9.17, 15) is 4.39 Å². The van der Waals surface area contributed by atoms with Crippen LogP contribution >= 0.6 is 0 Å². The number of benzene rings is 1. The number of nitrogens with two attached hydrogens (primary N) is 1. The van der Waals surface area contributed by atoms with Crippen molar-refractivity contribution >= 4 is 0 Å². The van der Waals surface area contributed by atoms with Gasteiger partial charge in [0.05, 0.1) is 0 Å². The fourth-order valence-corrected chi connectivity index (χ4v) is 1.31. The molecule has 1 aromatic carbocycles. The Hall–Kier alpha value is -1.88. The second kappa shape index (κ2) is 4.32. The Morgan fingerprint density at radius 1 is 1.50 bits per heavy atom. The topological polar surface area (TPSA) is 53.1 Å². The minimum atomic E-state index is -0.366. The van der Waals surface area contributed by atoms with Gasteiger partial charge in [-0.25, -0.2) is 9.37 Å². The number of aromatic nitrogens is 2. The van der Waals surface area contributed by atoms with Gasteiger partial charge in [0.2, 0.25) is 0 Å². The third-order valence-electron chi connectivity index (χ3n) is 2.23. The van der Waals surface area contributed by atoms with Crippen LogP contribution in [0.3, 0.4) is 0 Å². The van der Waals surface area contributed by atoms with E-state index in [1.54, 1.807) is 36.1 Å². The predicted octanol–water partition coefficient (Wildman–Crippen LogP) is 1.81. The molecule has 0 saturated heterocycles. The van der Waals surface area contributed by atoms with Gasteiger partial charge in [-0.05, 0) is 6.07 Å². The first-order chi connectivity index (χ1) is 7.70. The molecule has 0 radical (unpaired) electrons. The van der Waals surface area contributed by atoms with E-state index in [1.807, 2.05) is 0 Å². The van der Waals surface area contributed by atoms with Crippen molar-refractivity contribution in [3.63, 3.8) is 0 Å². The number of ether oxygens (including phenoxy) is 1. The van der Waals surface area contributed by atoms with Crippen molar-refractivity contribution < 1.29 is 9.13 Å². The average molecular weight is 221 g/mol. The lowest BCUT2D eigenvalue weighted by atomic mass is 10.2. The van der Waals surface area contributed by atoms with Gasteiger partial charge in [-0.15, -0.1) is 0 Å². The molecular formula is C11H12FN3O. The zero-order valence-electron chi connectivity index (χ0n) is 8.85. The summed E-state index contributed by atoms with van der Waals surface area (Å²) in [7, 11) is 1.80. The molecule has 2 aromatic rings. The van der Waals surface area contributed by atoms with Crippen LogP contribution in [0.15, 0.2) is 30.6 Å². The minimum absolute atomic E-state index is 0.175. The summed E-state index contributed by atoms with van der Waals surface area (Å²) >= 11 is 0. The molecule has 0 unspecified atom stereocenters. The van der Waals surface area contributed by atoms with Gasteiger partial charge in [-0.1, -0.05) is 6.07 Å². The molecule has 4 nitrogen and oxygen atoms in total. The molecule has 1 heterocycles. The fraction of sp³-hybridized carbons (Fsp3) is 0.182. The maximum atomic E-state index is 13.4. The number of imidazole rings is 1. The van der Waals surface area contributed by atoms with E-state index in [4.69, 9.17) is 10.5 Å². The summed E-state index contributed by atoms with van der Waals surface area (Å²) in [5, 5.41) is 0. The largest absolute Gasteiger partial charge is 0.425 e. The molecule has 0 aliphatic heterocycles. The number of aryl methyl sites for hydroxylation is 1. The van der Waals surface area contributed by atoms with Gasteiger partial charge in [0.25, 0.3) is 0 Å².